The van der Waals surface area contributed by atoms with E-state index in [0.717, 1.165) is 54.4 Å². The molecule has 0 bridgehead atoms. The van der Waals surface area contributed by atoms with Gasteiger partial charge in [0.15, 0.2) is 0 Å². The number of nitrogens with one attached hydrogen (secondary N) is 2. The first kappa shape index (κ1) is 33.9. The van der Waals surface area contributed by atoms with Crippen molar-refractivity contribution >= 4 is 17.9 Å². The lowest BCUT2D eigenvalue weighted by molar-refractivity contribution is -0.142. The van der Waals surface area contributed by atoms with E-state index in [4.69, 9.17) is 4.74 Å². The Kier molecular flexibility index (Phi) is 13.4. The van der Waals surface area contributed by atoms with E-state index in [1.165, 1.54) is 0 Å². The van der Waals surface area contributed by atoms with Gasteiger partial charge >= 0.3 is 6.09 Å². The second-order valence-electron chi connectivity index (χ2n) is 12.1. The molecule has 0 aliphatic rings. The van der Waals surface area contributed by atoms with Crippen LogP contribution in [0.15, 0.2) is 48.5 Å². The number of ether oxygens (including phenoxy) is 1. The van der Waals surface area contributed by atoms with Crippen LogP contribution in [-0.4, -0.2) is 47.0 Å². The predicted octanol–water partition coefficient (Wildman–Crippen LogP) is 6.80. The maximum absolute atomic E-state index is 14.5. The van der Waals surface area contributed by atoms with Gasteiger partial charge in [0.05, 0.1) is 0 Å². The minimum absolute atomic E-state index is 0.0338. The van der Waals surface area contributed by atoms with Gasteiger partial charge in [-0.3, -0.25) is 9.59 Å². The molecular formula is C34H51N3O4. The van der Waals surface area contributed by atoms with Gasteiger partial charge in [0, 0.05) is 19.0 Å². The number of hydrogen-bond acceptors (Lipinski definition) is 4. The van der Waals surface area contributed by atoms with Gasteiger partial charge in [-0.15, -0.1) is 0 Å². The first-order valence-electron chi connectivity index (χ1n) is 15.1. The van der Waals surface area contributed by atoms with Crippen LogP contribution in [0.4, 0.5) is 4.79 Å². The molecule has 3 atom stereocenters. The van der Waals surface area contributed by atoms with Crippen molar-refractivity contribution in [2.75, 3.05) is 6.54 Å². The highest BCUT2D eigenvalue weighted by Gasteiger charge is 2.36. The smallest absolute Gasteiger partial charge is 0.408 e. The molecule has 2 aromatic rings. The third-order valence-corrected chi connectivity index (χ3v) is 6.79. The number of hydrogen-bond donors (Lipinski definition) is 2. The van der Waals surface area contributed by atoms with E-state index in [9.17, 15) is 14.4 Å². The molecular weight excluding hydrogens is 514 g/mol. The van der Waals surface area contributed by atoms with Gasteiger partial charge < -0.3 is 20.3 Å². The van der Waals surface area contributed by atoms with E-state index in [0.29, 0.717) is 6.54 Å². The third kappa shape index (κ3) is 11.6. The first-order chi connectivity index (χ1) is 19.3. The molecule has 7 heteroatoms. The Morgan fingerprint density at radius 2 is 1.54 bits per heavy atom. The molecule has 0 saturated carbocycles. The number of unbranched alkanes of at least 4 members (excludes halogenated alkanes) is 2. The number of carbonyl (C=O) groups is 3. The van der Waals surface area contributed by atoms with Crippen molar-refractivity contribution in [3.8, 4) is 0 Å². The number of carbonyl (C=O) groups excluding carboxylic acids is 3. The van der Waals surface area contributed by atoms with Crippen molar-refractivity contribution in [1.29, 1.82) is 0 Å². The van der Waals surface area contributed by atoms with E-state index in [1.54, 1.807) is 25.7 Å². The Bertz CT molecular complexity index is 1110. The summed E-state index contributed by atoms with van der Waals surface area (Å²) in [5.41, 5.74) is 2.99. The summed E-state index contributed by atoms with van der Waals surface area (Å²) in [4.78, 5) is 43.1. The topological polar surface area (TPSA) is 87.7 Å². The van der Waals surface area contributed by atoms with Crippen molar-refractivity contribution in [2.45, 2.75) is 118 Å². The molecule has 226 valence electrons. The second-order valence-corrected chi connectivity index (χ2v) is 12.1. The van der Waals surface area contributed by atoms with Gasteiger partial charge in [-0.2, -0.15) is 0 Å². The standard InChI is InChI=1S/C34H51N3O4/c1-9-11-15-19-37(30(31(38)35-26(5)16-10-2)28-21-24(3)20-25(4)22-28)32(39)29(23-27-17-13-12-14-18-27)36-33(40)41-34(6,7)8/h12-14,17-18,20-22,26,29-30H,9-11,15-16,19,23H2,1-8H3,(H,35,38)(H,36,40). The van der Waals surface area contributed by atoms with Crippen LogP contribution in [0, 0.1) is 13.8 Å². The highest BCUT2D eigenvalue weighted by Crippen LogP contribution is 2.26. The lowest BCUT2D eigenvalue weighted by Gasteiger charge is -2.35. The van der Waals surface area contributed by atoms with Gasteiger partial charge in [0.2, 0.25) is 11.8 Å². The van der Waals surface area contributed by atoms with E-state index in [-0.39, 0.29) is 24.3 Å². The molecule has 41 heavy (non-hydrogen) atoms. The van der Waals surface area contributed by atoms with Crippen molar-refractivity contribution in [1.82, 2.24) is 15.5 Å². The fraction of sp³-hybridized carbons (Fsp3) is 0.559. The van der Waals surface area contributed by atoms with Gasteiger partial charge in [0.1, 0.15) is 17.7 Å². The number of aryl methyl sites for hydroxylation is 2. The zero-order valence-electron chi connectivity index (χ0n) is 26.4. The van der Waals surface area contributed by atoms with E-state index in [2.05, 4.69) is 30.5 Å². The first-order valence-corrected chi connectivity index (χ1v) is 15.1. The summed E-state index contributed by atoms with van der Waals surface area (Å²) in [6.45, 7) is 15.9. The Labute approximate surface area is 247 Å². The number of benzene rings is 2. The summed E-state index contributed by atoms with van der Waals surface area (Å²) >= 11 is 0. The molecule has 2 aromatic carbocycles. The lowest BCUT2D eigenvalue weighted by atomic mass is 9.96. The summed E-state index contributed by atoms with van der Waals surface area (Å²) in [7, 11) is 0. The maximum atomic E-state index is 14.5. The maximum Gasteiger partial charge on any atom is 0.408 e. The van der Waals surface area contributed by atoms with Gasteiger partial charge in [0.25, 0.3) is 0 Å². The summed E-state index contributed by atoms with van der Waals surface area (Å²) in [6.07, 6.45) is 4.02. The number of nitrogens with zero attached hydrogens (tertiary/aromatic N) is 1. The van der Waals surface area contributed by atoms with Crippen molar-refractivity contribution < 1.29 is 19.1 Å². The lowest BCUT2D eigenvalue weighted by Crippen LogP contribution is -2.54. The SMILES string of the molecule is CCCCCN(C(=O)C(Cc1ccccc1)NC(=O)OC(C)(C)C)C(C(=O)NC(C)CCC)c1cc(C)cc(C)c1. The molecule has 0 aromatic heterocycles. The summed E-state index contributed by atoms with van der Waals surface area (Å²) in [6, 6.07) is 13.8. The van der Waals surface area contributed by atoms with E-state index >= 15 is 0 Å². The average molecular weight is 566 g/mol. The Morgan fingerprint density at radius 1 is 0.902 bits per heavy atom. The van der Waals surface area contributed by atoms with Gasteiger partial charge in [-0.25, -0.2) is 4.79 Å². The largest absolute Gasteiger partial charge is 0.444 e. The van der Waals surface area contributed by atoms with Crippen molar-refractivity contribution in [3.63, 3.8) is 0 Å². The van der Waals surface area contributed by atoms with Crippen LogP contribution in [0.5, 0.6) is 0 Å². The molecule has 0 fully saturated rings. The summed E-state index contributed by atoms with van der Waals surface area (Å²) in [5.74, 6) is -0.519. The third-order valence-electron chi connectivity index (χ3n) is 6.79. The van der Waals surface area contributed by atoms with Crippen molar-refractivity contribution in [3.05, 3.63) is 70.8 Å². The van der Waals surface area contributed by atoms with Crippen LogP contribution < -0.4 is 10.6 Å². The monoisotopic (exact) mass is 565 g/mol. The molecule has 3 amide bonds. The number of rotatable bonds is 14. The highest BCUT2D eigenvalue weighted by molar-refractivity contribution is 5.92. The molecule has 2 rings (SSSR count). The molecule has 0 saturated heterocycles. The Hall–Kier alpha value is -3.35. The summed E-state index contributed by atoms with van der Waals surface area (Å²) < 4.78 is 5.54. The van der Waals surface area contributed by atoms with Crippen LogP contribution in [-0.2, 0) is 20.7 Å². The quantitative estimate of drug-likeness (QED) is 0.247. The highest BCUT2D eigenvalue weighted by atomic mass is 16.6. The molecule has 0 spiro atoms. The predicted molar refractivity (Wildman–Crippen MR) is 166 cm³/mol. The molecule has 7 nitrogen and oxygen atoms in total. The molecule has 0 heterocycles. The minimum Gasteiger partial charge on any atom is -0.444 e. The zero-order valence-corrected chi connectivity index (χ0v) is 26.4. The number of alkyl carbamates (subject to hydrolysis) is 1. The molecule has 0 aliphatic carbocycles. The van der Waals surface area contributed by atoms with Gasteiger partial charge in [-0.1, -0.05) is 92.8 Å². The van der Waals surface area contributed by atoms with Crippen LogP contribution in [0.25, 0.3) is 0 Å². The second kappa shape index (κ2) is 16.2. The molecule has 0 aliphatic heterocycles. The molecule has 3 unspecified atom stereocenters. The Balaban J connectivity index is 2.59. The average Bonchev–Trinajstić information content (AvgIpc) is 2.86. The van der Waals surface area contributed by atoms with Crippen LogP contribution >= 0.6 is 0 Å². The fourth-order valence-electron chi connectivity index (χ4n) is 5.07. The van der Waals surface area contributed by atoms with Gasteiger partial charge in [-0.05, 0) is 65.5 Å². The fourth-order valence-corrected chi connectivity index (χ4v) is 5.07. The molecule has 0 radical (unpaired) electrons. The van der Waals surface area contributed by atoms with Crippen LogP contribution in [0.3, 0.4) is 0 Å². The normalized spacial score (nSPS) is 13.6. The summed E-state index contributed by atoms with van der Waals surface area (Å²) in [5, 5.41) is 6.00. The zero-order chi connectivity index (χ0) is 30.6. The number of amides is 3. The van der Waals surface area contributed by atoms with Crippen molar-refractivity contribution in [2.24, 2.45) is 0 Å². The van der Waals surface area contributed by atoms with E-state index in [1.807, 2.05) is 63.2 Å². The van der Waals surface area contributed by atoms with E-state index < -0.39 is 23.8 Å². The minimum atomic E-state index is -0.914. The molecule has 2 N–H and O–H groups in total. The Morgan fingerprint density at radius 3 is 2.10 bits per heavy atom. The van der Waals surface area contributed by atoms with Crippen LogP contribution in [0.2, 0.25) is 0 Å². The van der Waals surface area contributed by atoms with Crippen LogP contribution in [0.1, 0.15) is 102 Å².